The zero-order chi connectivity index (χ0) is 14.0. The highest BCUT2D eigenvalue weighted by Crippen LogP contribution is 2.20. The third-order valence-corrected chi connectivity index (χ3v) is 3.84. The second kappa shape index (κ2) is 5.30. The Balaban J connectivity index is 2.07. The molecule has 1 aliphatic rings. The van der Waals surface area contributed by atoms with E-state index in [1.807, 2.05) is 27.7 Å². The fraction of sp³-hybridized carbons (Fsp3) is 0.692. The zero-order valence-corrected chi connectivity index (χ0v) is 12.0. The van der Waals surface area contributed by atoms with Gasteiger partial charge in [-0.25, -0.2) is 0 Å². The van der Waals surface area contributed by atoms with Crippen LogP contribution in [0.15, 0.2) is 0 Å². The van der Waals surface area contributed by atoms with E-state index in [4.69, 9.17) is 4.74 Å². The average molecular weight is 266 g/mol. The van der Waals surface area contributed by atoms with Gasteiger partial charge in [0.05, 0.1) is 18.8 Å². The minimum atomic E-state index is -0.566. The summed E-state index contributed by atoms with van der Waals surface area (Å²) in [5.74, 6) is 0.577. The molecule has 0 spiro atoms. The number of aromatic nitrogens is 2. The summed E-state index contributed by atoms with van der Waals surface area (Å²) in [5, 5.41) is 9.89. The first-order valence-electron chi connectivity index (χ1n) is 6.58. The number of anilines is 1. The van der Waals surface area contributed by atoms with E-state index in [2.05, 4.69) is 20.4 Å². The quantitative estimate of drug-likeness (QED) is 0.858. The summed E-state index contributed by atoms with van der Waals surface area (Å²) in [6, 6.07) is 0. The summed E-state index contributed by atoms with van der Waals surface area (Å²) >= 11 is 0. The van der Waals surface area contributed by atoms with Crippen LogP contribution in [-0.2, 0) is 9.53 Å². The maximum Gasteiger partial charge on any atom is 0.245 e. The second-order valence-electron chi connectivity index (χ2n) is 5.43. The van der Waals surface area contributed by atoms with Crippen molar-refractivity contribution in [3.8, 4) is 0 Å². The summed E-state index contributed by atoms with van der Waals surface area (Å²) in [4.78, 5) is 14.6. The lowest BCUT2D eigenvalue weighted by Crippen LogP contribution is -2.56. The van der Waals surface area contributed by atoms with Gasteiger partial charge in [0.25, 0.3) is 0 Å². The molecule has 0 unspecified atom stereocenters. The van der Waals surface area contributed by atoms with Crippen molar-refractivity contribution < 1.29 is 9.53 Å². The van der Waals surface area contributed by atoms with E-state index in [9.17, 15) is 4.79 Å². The highest BCUT2D eigenvalue weighted by molar-refractivity contribution is 5.97. The van der Waals surface area contributed by atoms with Gasteiger partial charge in [-0.2, -0.15) is 5.10 Å². The predicted molar refractivity (Wildman–Crippen MR) is 73.2 cm³/mol. The van der Waals surface area contributed by atoms with Gasteiger partial charge < -0.3 is 10.1 Å². The number of ether oxygens (including phenoxy) is 1. The van der Waals surface area contributed by atoms with E-state index in [0.717, 1.165) is 24.3 Å². The Bertz CT molecular complexity index is 461. The Morgan fingerprint density at radius 1 is 1.37 bits per heavy atom. The van der Waals surface area contributed by atoms with Crippen LogP contribution in [0.1, 0.15) is 25.1 Å². The van der Waals surface area contributed by atoms with E-state index in [1.54, 1.807) is 0 Å². The summed E-state index contributed by atoms with van der Waals surface area (Å²) in [5.41, 5.74) is 1.38. The lowest BCUT2D eigenvalue weighted by molar-refractivity contribution is -0.129. The molecule has 0 bridgehead atoms. The van der Waals surface area contributed by atoms with Gasteiger partial charge in [-0.3, -0.25) is 14.8 Å². The first-order chi connectivity index (χ1) is 8.93. The topological polar surface area (TPSA) is 70.2 Å². The number of morpholine rings is 1. The SMILES string of the molecule is Cc1[nH]nc(NC(=O)C(C)(C)N2CCOCC2)c1C. The normalized spacial score (nSPS) is 17.5. The van der Waals surface area contributed by atoms with Crippen molar-refractivity contribution in [2.75, 3.05) is 31.6 Å². The van der Waals surface area contributed by atoms with Crippen molar-refractivity contribution >= 4 is 11.7 Å². The van der Waals surface area contributed by atoms with Crippen LogP contribution in [0.2, 0.25) is 0 Å². The van der Waals surface area contributed by atoms with Gasteiger partial charge in [-0.05, 0) is 27.7 Å². The van der Waals surface area contributed by atoms with Crippen molar-refractivity contribution in [3.05, 3.63) is 11.3 Å². The van der Waals surface area contributed by atoms with Crippen LogP contribution in [0.3, 0.4) is 0 Å². The molecule has 1 amide bonds. The highest BCUT2D eigenvalue weighted by Gasteiger charge is 2.35. The average Bonchev–Trinajstić information content (AvgIpc) is 2.71. The van der Waals surface area contributed by atoms with Crippen LogP contribution in [0.4, 0.5) is 5.82 Å². The minimum Gasteiger partial charge on any atom is -0.379 e. The third kappa shape index (κ3) is 2.79. The zero-order valence-electron chi connectivity index (χ0n) is 12.0. The number of rotatable bonds is 3. The number of H-pyrrole nitrogens is 1. The molecule has 6 nitrogen and oxygen atoms in total. The minimum absolute atomic E-state index is 0.0380. The summed E-state index contributed by atoms with van der Waals surface area (Å²) in [7, 11) is 0. The van der Waals surface area contributed by atoms with E-state index >= 15 is 0 Å². The third-order valence-electron chi connectivity index (χ3n) is 3.84. The van der Waals surface area contributed by atoms with Gasteiger partial charge in [0.2, 0.25) is 5.91 Å². The van der Waals surface area contributed by atoms with Crippen molar-refractivity contribution in [3.63, 3.8) is 0 Å². The molecule has 0 saturated carbocycles. The molecule has 0 atom stereocenters. The van der Waals surface area contributed by atoms with Gasteiger partial charge in [-0.1, -0.05) is 0 Å². The lowest BCUT2D eigenvalue weighted by Gasteiger charge is -2.39. The van der Waals surface area contributed by atoms with Crippen LogP contribution in [0.25, 0.3) is 0 Å². The van der Waals surface area contributed by atoms with Gasteiger partial charge in [-0.15, -0.1) is 0 Å². The Morgan fingerprint density at radius 3 is 2.53 bits per heavy atom. The van der Waals surface area contributed by atoms with Crippen LogP contribution < -0.4 is 5.32 Å². The Hall–Kier alpha value is -1.40. The summed E-state index contributed by atoms with van der Waals surface area (Å²) in [6.07, 6.45) is 0. The number of amides is 1. The molecule has 1 aromatic heterocycles. The number of nitrogens with one attached hydrogen (secondary N) is 2. The first kappa shape index (κ1) is 14.0. The number of carbonyl (C=O) groups excluding carboxylic acids is 1. The second-order valence-corrected chi connectivity index (χ2v) is 5.43. The molecule has 1 saturated heterocycles. The molecular weight excluding hydrogens is 244 g/mol. The summed E-state index contributed by atoms with van der Waals surface area (Å²) < 4.78 is 5.32. The standard InChI is InChI=1S/C13H22N4O2/c1-9-10(2)15-16-11(9)14-12(18)13(3,4)17-5-7-19-8-6-17/h5-8H2,1-4H3,(H2,14,15,16,18). The Labute approximate surface area is 113 Å². The molecular formula is C13H22N4O2. The van der Waals surface area contributed by atoms with Crippen molar-refractivity contribution in [1.29, 1.82) is 0 Å². The number of hydrogen-bond acceptors (Lipinski definition) is 4. The van der Waals surface area contributed by atoms with Crippen molar-refractivity contribution in [2.24, 2.45) is 0 Å². The molecule has 0 radical (unpaired) electrons. The maximum atomic E-state index is 12.4. The van der Waals surface area contributed by atoms with E-state index in [-0.39, 0.29) is 5.91 Å². The molecule has 2 rings (SSSR count). The van der Waals surface area contributed by atoms with Gasteiger partial charge >= 0.3 is 0 Å². The molecule has 106 valence electrons. The van der Waals surface area contributed by atoms with Gasteiger partial charge in [0.1, 0.15) is 0 Å². The largest absolute Gasteiger partial charge is 0.379 e. The highest BCUT2D eigenvalue weighted by atomic mass is 16.5. The maximum absolute atomic E-state index is 12.4. The predicted octanol–water partition coefficient (Wildman–Crippen LogP) is 1.08. The Kier molecular flexibility index (Phi) is 3.91. The molecule has 6 heteroatoms. The number of hydrogen-bond donors (Lipinski definition) is 2. The van der Waals surface area contributed by atoms with Gasteiger partial charge in [0.15, 0.2) is 5.82 Å². The molecule has 2 N–H and O–H groups in total. The number of carbonyl (C=O) groups is 1. The molecule has 1 aliphatic heterocycles. The van der Waals surface area contributed by atoms with Crippen LogP contribution in [0, 0.1) is 13.8 Å². The fourth-order valence-corrected chi connectivity index (χ4v) is 2.13. The number of aryl methyl sites for hydroxylation is 1. The molecule has 1 fully saturated rings. The monoisotopic (exact) mass is 266 g/mol. The fourth-order valence-electron chi connectivity index (χ4n) is 2.13. The van der Waals surface area contributed by atoms with E-state index < -0.39 is 5.54 Å². The molecule has 2 heterocycles. The molecule has 1 aromatic rings. The van der Waals surface area contributed by atoms with Crippen molar-refractivity contribution in [1.82, 2.24) is 15.1 Å². The molecule has 19 heavy (non-hydrogen) atoms. The van der Waals surface area contributed by atoms with Crippen molar-refractivity contribution in [2.45, 2.75) is 33.2 Å². The van der Waals surface area contributed by atoms with Crippen LogP contribution in [0.5, 0.6) is 0 Å². The molecule has 0 aromatic carbocycles. The summed E-state index contributed by atoms with van der Waals surface area (Å²) in [6.45, 7) is 10.7. The Morgan fingerprint density at radius 2 is 2.00 bits per heavy atom. The van der Waals surface area contributed by atoms with E-state index in [1.165, 1.54) is 0 Å². The van der Waals surface area contributed by atoms with Crippen LogP contribution in [-0.4, -0.2) is 52.8 Å². The van der Waals surface area contributed by atoms with Crippen LogP contribution >= 0.6 is 0 Å². The van der Waals surface area contributed by atoms with E-state index in [0.29, 0.717) is 19.0 Å². The smallest absolute Gasteiger partial charge is 0.245 e. The number of aromatic amines is 1. The first-order valence-corrected chi connectivity index (χ1v) is 6.58. The number of nitrogens with zero attached hydrogens (tertiary/aromatic N) is 2. The van der Waals surface area contributed by atoms with Gasteiger partial charge in [0, 0.05) is 24.3 Å². The lowest BCUT2D eigenvalue weighted by atomic mass is 10.0. The molecule has 0 aliphatic carbocycles.